The zero-order valence-electron chi connectivity index (χ0n) is 11.9. The van der Waals surface area contributed by atoms with Crippen LogP contribution in [0.1, 0.15) is 54.4 Å². The first-order chi connectivity index (χ1) is 6.99. The molecule has 0 bridgehead atoms. The normalized spacial score (nSPS) is 21.4. The van der Waals surface area contributed by atoms with Crippen LogP contribution in [0.2, 0.25) is 0 Å². The lowest BCUT2D eigenvalue weighted by Gasteiger charge is -2.47. The van der Waals surface area contributed by atoms with Gasteiger partial charge in [-0.2, -0.15) is 0 Å². The van der Waals surface area contributed by atoms with Crippen LogP contribution in [0.3, 0.4) is 0 Å². The molecular formula is C14H31N. The van der Waals surface area contributed by atoms with Crippen LogP contribution >= 0.6 is 0 Å². The molecule has 1 heterocycles. The van der Waals surface area contributed by atoms with Gasteiger partial charge in [0.25, 0.3) is 0 Å². The van der Waals surface area contributed by atoms with Crippen LogP contribution < -0.4 is 0 Å². The summed E-state index contributed by atoms with van der Waals surface area (Å²) in [5.74, 6) is 1.67. The van der Waals surface area contributed by atoms with E-state index in [1.807, 2.05) is 13.8 Å². The van der Waals surface area contributed by atoms with Crippen molar-refractivity contribution in [1.29, 1.82) is 0 Å². The van der Waals surface area contributed by atoms with E-state index < -0.39 is 0 Å². The standard InChI is InChI=1S/C12H25N.C2H6/c1-10(2)12(11(3)4)6-8-13(5)9-7-12;1-2/h10-11H,6-9H2,1-5H3;1-2H3. The lowest BCUT2D eigenvalue weighted by molar-refractivity contribution is 0.0282. The Hall–Kier alpha value is -0.0400. The summed E-state index contributed by atoms with van der Waals surface area (Å²) in [6.07, 6.45) is 2.78. The van der Waals surface area contributed by atoms with Crippen LogP contribution in [0.25, 0.3) is 0 Å². The topological polar surface area (TPSA) is 3.24 Å². The largest absolute Gasteiger partial charge is 0.306 e. The Balaban J connectivity index is 0.000000921. The minimum absolute atomic E-state index is 0.618. The third-order valence-corrected chi connectivity index (χ3v) is 4.22. The summed E-state index contributed by atoms with van der Waals surface area (Å²) >= 11 is 0. The molecule has 1 rings (SSSR count). The molecule has 1 heteroatoms. The number of piperidine rings is 1. The summed E-state index contributed by atoms with van der Waals surface area (Å²) in [6.45, 7) is 16.2. The first-order valence-electron chi connectivity index (χ1n) is 6.67. The van der Waals surface area contributed by atoms with Crippen LogP contribution in [-0.4, -0.2) is 25.0 Å². The third-order valence-electron chi connectivity index (χ3n) is 4.22. The molecule has 1 fully saturated rings. The van der Waals surface area contributed by atoms with Crippen LogP contribution in [0.15, 0.2) is 0 Å². The molecule has 1 aliphatic rings. The monoisotopic (exact) mass is 213 g/mol. The molecule has 0 N–H and O–H groups in total. The average Bonchev–Trinajstić information content (AvgIpc) is 2.21. The van der Waals surface area contributed by atoms with Crippen molar-refractivity contribution >= 4 is 0 Å². The molecule has 0 atom stereocenters. The van der Waals surface area contributed by atoms with Crippen LogP contribution in [0.4, 0.5) is 0 Å². The minimum atomic E-state index is 0.618. The molecule has 0 aromatic heterocycles. The van der Waals surface area contributed by atoms with Gasteiger partial charge in [0.1, 0.15) is 0 Å². The van der Waals surface area contributed by atoms with E-state index in [1.54, 1.807) is 0 Å². The summed E-state index contributed by atoms with van der Waals surface area (Å²) in [5.41, 5.74) is 0.618. The Labute approximate surface area is 97.2 Å². The highest BCUT2D eigenvalue weighted by Crippen LogP contribution is 2.44. The van der Waals surface area contributed by atoms with Crippen molar-refractivity contribution in [1.82, 2.24) is 4.90 Å². The molecule has 0 amide bonds. The van der Waals surface area contributed by atoms with Crippen molar-refractivity contribution < 1.29 is 0 Å². The Bertz CT molecular complexity index is 143. The van der Waals surface area contributed by atoms with Crippen molar-refractivity contribution in [3.05, 3.63) is 0 Å². The van der Waals surface area contributed by atoms with Gasteiger partial charge in [-0.25, -0.2) is 0 Å². The van der Waals surface area contributed by atoms with Gasteiger partial charge in [0, 0.05) is 0 Å². The average molecular weight is 213 g/mol. The highest BCUT2D eigenvalue weighted by Gasteiger charge is 2.38. The van der Waals surface area contributed by atoms with Gasteiger partial charge in [0.2, 0.25) is 0 Å². The fraction of sp³-hybridized carbons (Fsp3) is 1.00. The summed E-state index contributed by atoms with van der Waals surface area (Å²) in [5, 5.41) is 0. The van der Waals surface area contributed by atoms with Crippen molar-refractivity contribution in [2.24, 2.45) is 17.3 Å². The zero-order valence-corrected chi connectivity index (χ0v) is 11.9. The Morgan fingerprint density at radius 3 is 1.47 bits per heavy atom. The maximum absolute atomic E-state index is 2.46. The molecule has 92 valence electrons. The maximum atomic E-state index is 2.46. The lowest BCUT2D eigenvalue weighted by Crippen LogP contribution is -2.44. The predicted octanol–water partition coefficient (Wildman–Crippen LogP) is 4.04. The zero-order chi connectivity index (χ0) is 12.1. The first kappa shape index (κ1) is 15.0. The second kappa shape index (κ2) is 6.52. The highest BCUT2D eigenvalue weighted by molar-refractivity contribution is 4.89. The number of nitrogens with zero attached hydrogens (tertiary/aromatic N) is 1. The second-order valence-electron chi connectivity index (χ2n) is 5.35. The van der Waals surface area contributed by atoms with E-state index in [9.17, 15) is 0 Å². The van der Waals surface area contributed by atoms with Gasteiger partial charge in [0.15, 0.2) is 0 Å². The smallest absolute Gasteiger partial charge is 0.00163 e. The predicted molar refractivity (Wildman–Crippen MR) is 70.2 cm³/mol. The van der Waals surface area contributed by atoms with Gasteiger partial charge in [-0.05, 0) is 50.2 Å². The number of likely N-dealkylation sites (tertiary alicyclic amines) is 1. The van der Waals surface area contributed by atoms with Gasteiger partial charge >= 0.3 is 0 Å². The van der Waals surface area contributed by atoms with E-state index in [1.165, 1.54) is 25.9 Å². The fourth-order valence-corrected chi connectivity index (χ4v) is 2.86. The molecule has 0 spiro atoms. The van der Waals surface area contributed by atoms with Crippen LogP contribution in [0, 0.1) is 17.3 Å². The molecular weight excluding hydrogens is 182 g/mol. The Kier molecular flexibility index (Phi) is 6.51. The maximum Gasteiger partial charge on any atom is -0.00163 e. The van der Waals surface area contributed by atoms with Gasteiger partial charge in [-0.3, -0.25) is 0 Å². The summed E-state index contributed by atoms with van der Waals surface area (Å²) < 4.78 is 0. The van der Waals surface area contributed by atoms with E-state index in [2.05, 4.69) is 39.6 Å². The number of hydrogen-bond acceptors (Lipinski definition) is 1. The molecule has 0 aromatic rings. The SMILES string of the molecule is CC.CC(C)C1(C(C)C)CCN(C)CC1. The number of hydrogen-bond donors (Lipinski definition) is 0. The first-order valence-corrected chi connectivity index (χ1v) is 6.67. The van der Waals surface area contributed by atoms with Crippen LogP contribution in [-0.2, 0) is 0 Å². The van der Waals surface area contributed by atoms with Crippen LogP contribution in [0.5, 0.6) is 0 Å². The molecule has 1 nitrogen and oxygen atoms in total. The van der Waals surface area contributed by atoms with E-state index >= 15 is 0 Å². The summed E-state index contributed by atoms with van der Waals surface area (Å²) in [7, 11) is 2.24. The van der Waals surface area contributed by atoms with Gasteiger partial charge in [-0.15, -0.1) is 0 Å². The van der Waals surface area contributed by atoms with Crippen molar-refractivity contribution in [2.75, 3.05) is 20.1 Å². The Morgan fingerprint density at radius 2 is 1.20 bits per heavy atom. The highest BCUT2D eigenvalue weighted by atomic mass is 15.1. The summed E-state index contributed by atoms with van der Waals surface area (Å²) in [6, 6.07) is 0. The summed E-state index contributed by atoms with van der Waals surface area (Å²) in [4.78, 5) is 2.46. The van der Waals surface area contributed by atoms with Gasteiger partial charge < -0.3 is 4.90 Å². The molecule has 0 aromatic carbocycles. The molecule has 1 aliphatic heterocycles. The third kappa shape index (κ3) is 3.48. The Morgan fingerprint density at radius 1 is 0.867 bits per heavy atom. The molecule has 1 saturated heterocycles. The molecule has 0 aliphatic carbocycles. The van der Waals surface area contributed by atoms with Crippen molar-refractivity contribution in [3.63, 3.8) is 0 Å². The van der Waals surface area contributed by atoms with E-state index in [4.69, 9.17) is 0 Å². The van der Waals surface area contributed by atoms with E-state index in [0.29, 0.717) is 5.41 Å². The fourth-order valence-electron chi connectivity index (χ4n) is 2.86. The second-order valence-corrected chi connectivity index (χ2v) is 5.35. The van der Waals surface area contributed by atoms with Crippen molar-refractivity contribution in [3.8, 4) is 0 Å². The quantitative estimate of drug-likeness (QED) is 0.669. The van der Waals surface area contributed by atoms with Crippen molar-refractivity contribution in [2.45, 2.75) is 54.4 Å². The molecule has 0 radical (unpaired) electrons. The van der Waals surface area contributed by atoms with Gasteiger partial charge in [0.05, 0.1) is 0 Å². The lowest BCUT2D eigenvalue weighted by atomic mass is 9.63. The molecule has 0 saturated carbocycles. The molecule has 15 heavy (non-hydrogen) atoms. The van der Waals surface area contributed by atoms with E-state index in [-0.39, 0.29) is 0 Å². The van der Waals surface area contributed by atoms with Gasteiger partial charge in [-0.1, -0.05) is 41.5 Å². The number of rotatable bonds is 2. The minimum Gasteiger partial charge on any atom is -0.306 e. The van der Waals surface area contributed by atoms with E-state index in [0.717, 1.165) is 11.8 Å². The molecule has 0 unspecified atom stereocenters.